The lowest BCUT2D eigenvalue weighted by molar-refractivity contribution is 0.0812. The topological polar surface area (TPSA) is 75.3 Å². The molecule has 4 N–H and O–H groups in total. The Bertz CT molecular complexity index is 461. The fraction of sp³-hybridized carbons (Fsp3) is 0.533. The van der Waals surface area contributed by atoms with Gasteiger partial charge in [0.1, 0.15) is 5.75 Å². The Hall–Kier alpha value is -1.55. The van der Waals surface area contributed by atoms with Crippen molar-refractivity contribution in [3.63, 3.8) is 0 Å². The number of phenols is 1. The highest BCUT2D eigenvalue weighted by atomic mass is 16.3. The Morgan fingerprint density at radius 3 is 2.95 bits per heavy atom. The summed E-state index contributed by atoms with van der Waals surface area (Å²) in [4.78, 5) is 12.3. The fourth-order valence-corrected chi connectivity index (χ4v) is 2.90. The molecule has 0 aromatic heterocycles. The minimum Gasteiger partial charge on any atom is -0.508 e. The zero-order chi connectivity index (χ0) is 13.9. The summed E-state index contributed by atoms with van der Waals surface area (Å²) in [6, 6.07) is 6.40. The third kappa shape index (κ3) is 2.89. The molecule has 1 aromatic rings. The zero-order valence-corrected chi connectivity index (χ0v) is 11.4. The number of nitrogens with two attached hydrogens (primary N) is 1. The van der Waals surface area contributed by atoms with E-state index in [1.165, 1.54) is 12.5 Å². The van der Waals surface area contributed by atoms with Gasteiger partial charge in [0.2, 0.25) is 0 Å². The van der Waals surface area contributed by atoms with Crippen LogP contribution in [0.5, 0.6) is 5.75 Å². The third-order valence-corrected chi connectivity index (χ3v) is 4.29. The molecule has 19 heavy (non-hydrogen) atoms. The maximum atomic E-state index is 12.3. The van der Waals surface area contributed by atoms with E-state index in [1.54, 1.807) is 18.2 Å². The number of aromatic hydroxyl groups is 1. The molecule has 1 saturated carbocycles. The maximum absolute atomic E-state index is 12.3. The Labute approximate surface area is 114 Å². The first-order valence-electron chi connectivity index (χ1n) is 6.89. The molecule has 2 rings (SSSR count). The molecule has 2 atom stereocenters. The van der Waals surface area contributed by atoms with E-state index in [2.05, 4.69) is 12.2 Å². The smallest absolute Gasteiger partial charge is 0.251 e. The van der Waals surface area contributed by atoms with Crippen LogP contribution in [0, 0.1) is 5.92 Å². The van der Waals surface area contributed by atoms with Crippen LogP contribution in [0.4, 0.5) is 0 Å². The lowest BCUT2D eigenvalue weighted by atomic mass is 9.73. The minimum atomic E-state index is -0.305. The van der Waals surface area contributed by atoms with E-state index in [4.69, 9.17) is 5.73 Å². The van der Waals surface area contributed by atoms with Gasteiger partial charge in [0.05, 0.1) is 5.54 Å². The molecular weight excluding hydrogens is 240 g/mol. The van der Waals surface area contributed by atoms with Gasteiger partial charge in [0, 0.05) is 12.1 Å². The summed E-state index contributed by atoms with van der Waals surface area (Å²) < 4.78 is 0. The van der Waals surface area contributed by atoms with E-state index >= 15 is 0 Å². The third-order valence-electron chi connectivity index (χ3n) is 4.29. The number of amides is 1. The van der Waals surface area contributed by atoms with E-state index in [0.29, 0.717) is 18.0 Å². The van der Waals surface area contributed by atoms with Gasteiger partial charge in [-0.3, -0.25) is 4.79 Å². The summed E-state index contributed by atoms with van der Waals surface area (Å²) in [5.74, 6) is 0.328. The predicted molar refractivity (Wildman–Crippen MR) is 75.0 cm³/mol. The second kappa shape index (κ2) is 5.61. The molecule has 0 radical (unpaired) electrons. The van der Waals surface area contributed by atoms with Crippen molar-refractivity contribution in [2.45, 2.75) is 38.1 Å². The molecule has 1 fully saturated rings. The van der Waals surface area contributed by atoms with Gasteiger partial charge in [-0.15, -0.1) is 0 Å². The number of phenolic OH excluding ortho intramolecular Hbond substituents is 1. The summed E-state index contributed by atoms with van der Waals surface area (Å²) in [6.45, 7) is 2.60. The van der Waals surface area contributed by atoms with Crippen LogP contribution in [0.25, 0.3) is 0 Å². The minimum absolute atomic E-state index is 0.103. The highest BCUT2D eigenvalue weighted by Crippen LogP contribution is 2.33. The van der Waals surface area contributed by atoms with Crippen molar-refractivity contribution >= 4 is 5.91 Å². The van der Waals surface area contributed by atoms with E-state index in [9.17, 15) is 9.90 Å². The van der Waals surface area contributed by atoms with Gasteiger partial charge in [-0.1, -0.05) is 25.8 Å². The van der Waals surface area contributed by atoms with Crippen molar-refractivity contribution in [1.82, 2.24) is 5.32 Å². The molecule has 2 unspecified atom stereocenters. The lowest BCUT2D eigenvalue weighted by Crippen LogP contribution is -2.59. The molecule has 0 bridgehead atoms. The maximum Gasteiger partial charge on any atom is 0.251 e. The van der Waals surface area contributed by atoms with Crippen LogP contribution >= 0.6 is 0 Å². The average Bonchev–Trinajstić information content (AvgIpc) is 2.41. The number of rotatable bonds is 3. The molecule has 1 amide bonds. The second-order valence-electron chi connectivity index (χ2n) is 5.51. The normalized spacial score (nSPS) is 26.9. The average molecular weight is 262 g/mol. The molecule has 1 aliphatic rings. The van der Waals surface area contributed by atoms with Crippen molar-refractivity contribution in [3.8, 4) is 5.75 Å². The van der Waals surface area contributed by atoms with Crippen molar-refractivity contribution in [3.05, 3.63) is 29.8 Å². The highest BCUT2D eigenvalue weighted by Gasteiger charge is 2.38. The van der Waals surface area contributed by atoms with E-state index in [0.717, 1.165) is 19.3 Å². The van der Waals surface area contributed by atoms with E-state index in [-0.39, 0.29) is 17.2 Å². The molecule has 1 aliphatic carbocycles. The van der Waals surface area contributed by atoms with Crippen molar-refractivity contribution in [2.24, 2.45) is 11.7 Å². The van der Waals surface area contributed by atoms with E-state index < -0.39 is 0 Å². The van der Waals surface area contributed by atoms with Crippen LogP contribution in [0.1, 0.15) is 43.0 Å². The lowest BCUT2D eigenvalue weighted by Gasteiger charge is -2.42. The number of carbonyl (C=O) groups excluding carboxylic acids is 1. The number of benzene rings is 1. The van der Waals surface area contributed by atoms with Crippen molar-refractivity contribution < 1.29 is 9.90 Å². The summed E-state index contributed by atoms with van der Waals surface area (Å²) in [5, 5.41) is 12.5. The molecule has 0 saturated heterocycles. The SMILES string of the molecule is CC1CCCCC1(CN)NC(=O)c1cccc(O)c1. The van der Waals surface area contributed by atoms with Crippen LogP contribution in [0.3, 0.4) is 0 Å². The van der Waals surface area contributed by atoms with Crippen LogP contribution in [-0.4, -0.2) is 23.1 Å². The first-order valence-corrected chi connectivity index (χ1v) is 6.89. The van der Waals surface area contributed by atoms with Crippen LogP contribution in [0.2, 0.25) is 0 Å². The van der Waals surface area contributed by atoms with E-state index in [1.807, 2.05) is 0 Å². The Kier molecular flexibility index (Phi) is 4.10. The predicted octanol–water partition coefficient (Wildman–Crippen LogP) is 2.03. The fourth-order valence-electron chi connectivity index (χ4n) is 2.90. The number of hydrogen-bond donors (Lipinski definition) is 3. The van der Waals surface area contributed by atoms with Gasteiger partial charge < -0.3 is 16.2 Å². The second-order valence-corrected chi connectivity index (χ2v) is 5.51. The molecule has 1 aromatic carbocycles. The number of hydrogen-bond acceptors (Lipinski definition) is 3. The number of carbonyl (C=O) groups is 1. The summed E-state index contributed by atoms with van der Waals surface area (Å²) in [5.41, 5.74) is 6.09. The molecule has 4 heteroatoms. The van der Waals surface area contributed by atoms with Crippen LogP contribution in [0.15, 0.2) is 24.3 Å². The first-order chi connectivity index (χ1) is 9.07. The van der Waals surface area contributed by atoms with Gasteiger partial charge in [0.25, 0.3) is 5.91 Å². The number of nitrogens with one attached hydrogen (secondary N) is 1. The molecule has 0 heterocycles. The molecular formula is C15H22N2O2. The Morgan fingerprint density at radius 2 is 2.32 bits per heavy atom. The van der Waals surface area contributed by atoms with Crippen molar-refractivity contribution in [2.75, 3.05) is 6.54 Å². The molecule has 0 spiro atoms. The van der Waals surface area contributed by atoms with Gasteiger partial charge in [-0.2, -0.15) is 0 Å². The molecule has 104 valence electrons. The Morgan fingerprint density at radius 1 is 1.53 bits per heavy atom. The quantitative estimate of drug-likeness (QED) is 0.780. The molecule has 0 aliphatic heterocycles. The van der Waals surface area contributed by atoms with Gasteiger partial charge >= 0.3 is 0 Å². The monoisotopic (exact) mass is 262 g/mol. The summed E-state index contributed by atoms with van der Waals surface area (Å²) in [6.07, 6.45) is 4.32. The van der Waals surface area contributed by atoms with Crippen LogP contribution < -0.4 is 11.1 Å². The van der Waals surface area contributed by atoms with Gasteiger partial charge in [0.15, 0.2) is 0 Å². The van der Waals surface area contributed by atoms with Gasteiger partial charge in [-0.05, 0) is 37.0 Å². The zero-order valence-electron chi connectivity index (χ0n) is 11.4. The summed E-state index contributed by atoms with van der Waals surface area (Å²) >= 11 is 0. The van der Waals surface area contributed by atoms with Crippen molar-refractivity contribution in [1.29, 1.82) is 0 Å². The highest BCUT2D eigenvalue weighted by molar-refractivity contribution is 5.95. The van der Waals surface area contributed by atoms with Gasteiger partial charge in [-0.25, -0.2) is 0 Å². The van der Waals surface area contributed by atoms with Crippen LogP contribution in [-0.2, 0) is 0 Å². The Balaban J connectivity index is 2.16. The first kappa shape index (κ1) is 13.9. The summed E-state index contributed by atoms with van der Waals surface area (Å²) in [7, 11) is 0. The molecule has 4 nitrogen and oxygen atoms in total. The standard InChI is InChI=1S/C15H22N2O2/c1-11-5-2-3-8-15(11,10-16)17-14(19)12-6-4-7-13(18)9-12/h4,6-7,9,11,18H,2-3,5,8,10,16H2,1H3,(H,17,19). The largest absolute Gasteiger partial charge is 0.508 e.